The number of benzene rings is 1. The van der Waals surface area contributed by atoms with Crippen LogP contribution in [0.3, 0.4) is 0 Å². The lowest BCUT2D eigenvalue weighted by Gasteiger charge is -2.22. The highest BCUT2D eigenvalue weighted by Gasteiger charge is 2.35. The number of nitrogens with one attached hydrogen (secondary N) is 1. The number of aliphatic hydroxyl groups is 1. The number of aliphatic hydroxyl groups excluding tert-OH is 1. The minimum atomic E-state index is 0.262. The normalized spacial score (nSPS) is 28.9. The Bertz CT molecular complexity index is 442. The molecule has 2 bridgehead atoms. The van der Waals surface area contributed by atoms with Crippen molar-refractivity contribution in [1.29, 1.82) is 0 Å². The topological polar surface area (TPSA) is 32.3 Å². The first-order valence-corrected chi connectivity index (χ1v) is 7.91. The average Bonchev–Trinajstić information content (AvgIpc) is 3.10. The Morgan fingerprint density at radius 3 is 2.65 bits per heavy atom. The lowest BCUT2D eigenvalue weighted by atomic mass is 9.92. The summed E-state index contributed by atoms with van der Waals surface area (Å²) in [6, 6.07) is 10.6. The summed E-state index contributed by atoms with van der Waals surface area (Å²) in [6.45, 7) is 2.36. The van der Waals surface area contributed by atoms with E-state index in [0.29, 0.717) is 5.92 Å². The van der Waals surface area contributed by atoms with Crippen molar-refractivity contribution in [2.75, 3.05) is 19.7 Å². The first-order valence-electron chi connectivity index (χ1n) is 7.91. The Hall–Kier alpha value is -1.12. The van der Waals surface area contributed by atoms with Gasteiger partial charge in [0.05, 0.1) is 0 Å². The molecule has 1 fully saturated rings. The Labute approximate surface area is 121 Å². The van der Waals surface area contributed by atoms with Gasteiger partial charge in [0.2, 0.25) is 0 Å². The summed E-state index contributed by atoms with van der Waals surface area (Å²) in [5.74, 6) is 2.93. The third kappa shape index (κ3) is 3.13. The fraction of sp³-hybridized carbons (Fsp3) is 0.556. The van der Waals surface area contributed by atoms with E-state index in [2.05, 4.69) is 47.8 Å². The maximum absolute atomic E-state index is 9.26. The van der Waals surface area contributed by atoms with Gasteiger partial charge in [-0.1, -0.05) is 42.5 Å². The van der Waals surface area contributed by atoms with Crippen LogP contribution >= 0.6 is 0 Å². The lowest BCUT2D eigenvalue weighted by Crippen LogP contribution is -2.29. The van der Waals surface area contributed by atoms with Crippen LogP contribution in [0.2, 0.25) is 0 Å². The van der Waals surface area contributed by atoms with E-state index in [1.54, 1.807) is 0 Å². The van der Waals surface area contributed by atoms with Gasteiger partial charge in [0.25, 0.3) is 0 Å². The molecule has 0 amide bonds. The minimum Gasteiger partial charge on any atom is -0.396 e. The molecule has 2 nitrogen and oxygen atoms in total. The smallest absolute Gasteiger partial charge is 0.0437 e. The summed E-state index contributed by atoms with van der Waals surface area (Å²) in [7, 11) is 0. The molecule has 4 atom stereocenters. The fourth-order valence-electron chi connectivity index (χ4n) is 3.84. The van der Waals surface area contributed by atoms with Gasteiger partial charge in [-0.2, -0.15) is 0 Å². The first kappa shape index (κ1) is 13.8. The van der Waals surface area contributed by atoms with Crippen LogP contribution in [0.25, 0.3) is 0 Å². The van der Waals surface area contributed by atoms with Crippen LogP contribution in [0.1, 0.15) is 30.7 Å². The Balaban J connectivity index is 1.49. The van der Waals surface area contributed by atoms with E-state index in [4.69, 9.17) is 0 Å². The molecule has 2 aliphatic rings. The van der Waals surface area contributed by atoms with Crippen LogP contribution < -0.4 is 5.32 Å². The number of allylic oxidation sites excluding steroid dienone is 2. The molecule has 2 N–H and O–H groups in total. The molecule has 0 aliphatic heterocycles. The molecule has 2 aliphatic carbocycles. The molecular formula is C18H25NO. The predicted octanol–water partition coefficient (Wildman–Crippen LogP) is 2.95. The third-order valence-corrected chi connectivity index (χ3v) is 4.96. The van der Waals surface area contributed by atoms with Crippen molar-refractivity contribution in [3.63, 3.8) is 0 Å². The molecule has 20 heavy (non-hydrogen) atoms. The van der Waals surface area contributed by atoms with Gasteiger partial charge < -0.3 is 10.4 Å². The molecule has 1 aromatic carbocycles. The molecule has 1 aromatic rings. The van der Waals surface area contributed by atoms with Crippen LogP contribution in [0.15, 0.2) is 42.5 Å². The van der Waals surface area contributed by atoms with Crippen LogP contribution in [0.4, 0.5) is 0 Å². The number of rotatable bonds is 7. The monoisotopic (exact) mass is 271 g/mol. The summed E-state index contributed by atoms with van der Waals surface area (Å²) < 4.78 is 0. The van der Waals surface area contributed by atoms with E-state index in [1.807, 2.05) is 0 Å². The van der Waals surface area contributed by atoms with Crippen molar-refractivity contribution >= 4 is 0 Å². The Morgan fingerprint density at radius 1 is 1.15 bits per heavy atom. The van der Waals surface area contributed by atoms with Gasteiger partial charge in [-0.25, -0.2) is 0 Å². The average molecular weight is 271 g/mol. The number of hydrogen-bond acceptors (Lipinski definition) is 2. The molecule has 0 heterocycles. The zero-order chi connectivity index (χ0) is 13.8. The van der Waals surface area contributed by atoms with Gasteiger partial charge >= 0.3 is 0 Å². The Kier molecular flexibility index (Phi) is 4.54. The van der Waals surface area contributed by atoms with Gasteiger partial charge in [0.15, 0.2) is 0 Å². The van der Waals surface area contributed by atoms with Crippen LogP contribution in [0, 0.1) is 17.8 Å². The molecule has 4 unspecified atom stereocenters. The fourth-order valence-corrected chi connectivity index (χ4v) is 3.84. The summed E-state index contributed by atoms with van der Waals surface area (Å²) in [5, 5.41) is 12.9. The first-order chi connectivity index (χ1) is 9.86. The zero-order valence-electron chi connectivity index (χ0n) is 12.0. The maximum Gasteiger partial charge on any atom is 0.0437 e. The maximum atomic E-state index is 9.26. The highest BCUT2D eigenvalue weighted by molar-refractivity contribution is 5.20. The van der Waals surface area contributed by atoms with Crippen molar-refractivity contribution in [3.05, 3.63) is 48.0 Å². The van der Waals surface area contributed by atoms with Gasteiger partial charge in [-0.15, -0.1) is 0 Å². The van der Waals surface area contributed by atoms with E-state index in [0.717, 1.165) is 37.3 Å². The summed E-state index contributed by atoms with van der Waals surface area (Å²) in [6.07, 6.45) is 8.41. The molecule has 1 saturated carbocycles. The van der Waals surface area contributed by atoms with Gasteiger partial charge in [-0.3, -0.25) is 0 Å². The third-order valence-electron chi connectivity index (χ3n) is 4.96. The molecular weight excluding hydrogens is 246 g/mol. The van der Waals surface area contributed by atoms with E-state index >= 15 is 0 Å². The van der Waals surface area contributed by atoms with Gasteiger partial charge in [-0.05, 0) is 55.0 Å². The summed E-state index contributed by atoms with van der Waals surface area (Å²) in [4.78, 5) is 0. The van der Waals surface area contributed by atoms with E-state index in [1.165, 1.54) is 18.4 Å². The quantitative estimate of drug-likeness (QED) is 0.747. The molecule has 0 saturated heterocycles. The van der Waals surface area contributed by atoms with Gasteiger partial charge in [0, 0.05) is 13.2 Å². The van der Waals surface area contributed by atoms with Crippen molar-refractivity contribution in [3.8, 4) is 0 Å². The molecule has 2 heteroatoms. The van der Waals surface area contributed by atoms with E-state index in [-0.39, 0.29) is 6.61 Å². The number of hydrogen-bond donors (Lipinski definition) is 2. The van der Waals surface area contributed by atoms with Crippen molar-refractivity contribution in [2.45, 2.75) is 25.2 Å². The van der Waals surface area contributed by atoms with E-state index < -0.39 is 0 Å². The van der Waals surface area contributed by atoms with Crippen molar-refractivity contribution < 1.29 is 5.11 Å². The summed E-state index contributed by atoms with van der Waals surface area (Å²) >= 11 is 0. The molecule has 0 spiro atoms. The molecule has 0 aromatic heterocycles. The van der Waals surface area contributed by atoms with Crippen molar-refractivity contribution in [2.24, 2.45) is 17.8 Å². The summed E-state index contributed by atoms with van der Waals surface area (Å²) in [5.41, 5.74) is 1.34. The zero-order valence-corrected chi connectivity index (χ0v) is 12.0. The standard InChI is InChI=1S/C18H25NO/c20-9-8-17(15-4-2-1-3-5-15)12-19-13-18-11-14-6-7-16(18)10-14/h1-7,14,16-20H,8-13H2. The predicted molar refractivity (Wildman–Crippen MR) is 82.6 cm³/mol. The largest absolute Gasteiger partial charge is 0.396 e. The van der Waals surface area contributed by atoms with E-state index in [9.17, 15) is 5.11 Å². The second kappa shape index (κ2) is 6.55. The molecule has 108 valence electrons. The second-order valence-corrected chi connectivity index (χ2v) is 6.32. The van der Waals surface area contributed by atoms with Crippen LogP contribution in [0.5, 0.6) is 0 Å². The second-order valence-electron chi connectivity index (χ2n) is 6.32. The molecule has 0 radical (unpaired) electrons. The van der Waals surface area contributed by atoms with Gasteiger partial charge in [0.1, 0.15) is 0 Å². The minimum absolute atomic E-state index is 0.262. The lowest BCUT2D eigenvalue weighted by molar-refractivity contribution is 0.272. The Morgan fingerprint density at radius 2 is 2.00 bits per heavy atom. The SMILES string of the molecule is OCCC(CNCC1CC2C=CC1C2)c1ccccc1. The van der Waals surface area contributed by atoms with Crippen LogP contribution in [-0.4, -0.2) is 24.8 Å². The highest BCUT2D eigenvalue weighted by atomic mass is 16.3. The highest BCUT2D eigenvalue weighted by Crippen LogP contribution is 2.42. The van der Waals surface area contributed by atoms with Crippen LogP contribution in [-0.2, 0) is 0 Å². The van der Waals surface area contributed by atoms with Crippen molar-refractivity contribution in [1.82, 2.24) is 5.32 Å². The molecule has 3 rings (SSSR count). The number of fused-ring (bicyclic) bond motifs is 2.